The highest BCUT2D eigenvalue weighted by atomic mass is 32.1. The topological polar surface area (TPSA) is 85.7 Å². The summed E-state index contributed by atoms with van der Waals surface area (Å²) in [5.41, 5.74) is -0.611. The van der Waals surface area contributed by atoms with E-state index < -0.39 is 23.8 Å². The summed E-state index contributed by atoms with van der Waals surface area (Å²) >= 11 is 1.76. The molecule has 3 aliphatic rings. The smallest absolute Gasteiger partial charge is 0.411 e. The van der Waals surface area contributed by atoms with Gasteiger partial charge in [0, 0.05) is 22.2 Å². The lowest BCUT2D eigenvalue weighted by molar-refractivity contribution is -0.128. The maximum absolute atomic E-state index is 13.2. The molecule has 1 saturated carbocycles. The normalized spacial score (nSPS) is 26.8. The Balaban J connectivity index is 1.38. The summed E-state index contributed by atoms with van der Waals surface area (Å²) in [5.74, 6) is 0.498. The van der Waals surface area contributed by atoms with Gasteiger partial charge in [0.25, 0.3) is 0 Å². The summed E-state index contributed by atoms with van der Waals surface area (Å²) < 4.78 is 5.59. The molecule has 0 radical (unpaired) electrons. The van der Waals surface area contributed by atoms with Gasteiger partial charge in [-0.05, 0) is 97.0 Å². The molecule has 7 nitrogen and oxygen atoms in total. The van der Waals surface area contributed by atoms with Crippen molar-refractivity contribution >= 4 is 23.3 Å². The lowest BCUT2D eigenvalue weighted by atomic mass is 9.96. The number of rotatable bonds is 5. The van der Waals surface area contributed by atoms with Gasteiger partial charge < -0.3 is 15.0 Å². The van der Waals surface area contributed by atoms with Crippen LogP contribution >= 0.6 is 11.3 Å². The fourth-order valence-electron chi connectivity index (χ4n) is 5.51. The second-order valence-electron chi connectivity index (χ2n) is 10.8. The van der Waals surface area contributed by atoms with Gasteiger partial charge in [0.05, 0.1) is 6.07 Å². The van der Waals surface area contributed by atoms with Crippen molar-refractivity contribution in [2.75, 3.05) is 20.1 Å². The largest absolute Gasteiger partial charge is 0.444 e. The Labute approximate surface area is 201 Å². The zero-order valence-electron chi connectivity index (χ0n) is 20.2. The molecule has 33 heavy (non-hydrogen) atoms. The van der Waals surface area contributed by atoms with Crippen molar-refractivity contribution < 1.29 is 14.3 Å². The number of nitrogens with one attached hydrogen (secondary N) is 1. The molecule has 3 heterocycles. The highest BCUT2D eigenvalue weighted by Crippen LogP contribution is 2.43. The minimum absolute atomic E-state index is 0.0514. The summed E-state index contributed by atoms with van der Waals surface area (Å²) in [4.78, 5) is 32.6. The van der Waals surface area contributed by atoms with Crippen molar-refractivity contribution in [3.8, 4) is 6.07 Å². The number of carbonyl (C=O) groups excluding carboxylic acids is 2. The molecule has 3 fully saturated rings. The molecule has 1 aliphatic carbocycles. The molecule has 2 aliphatic heterocycles. The van der Waals surface area contributed by atoms with E-state index in [2.05, 4.69) is 35.5 Å². The Morgan fingerprint density at radius 1 is 1.24 bits per heavy atom. The number of ether oxygens (including phenoxy) is 1. The van der Waals surface area contributed by atoms with Crippen LogP contribution in [0.25, 0.3) is 0 Å². The van der Waals surface area contributed by atoms with Crippen molar-refractivity contribution in [2.45, 2.75) is 88.9 Å². The quantitative estimate of drug-likeness (QED) is 0.703. The van der Waals surface area contributed by atoms with Crippen LogP contribution in [0.3, 0.4) is 0 Å². The monoisotopic (exact) mass is 472 g/mol. The van der Waals surface area contributed by atoms with E-state index in [0.29, 0.717) is 12.3 Å². The number of nitrogens with zero attached hydrogens (tertiary/aromatic N) is 3. The number of piperidine rings is 2. The summed E-state index contributed by atoms with van der Waals surface area (Å²) in [6.45, 7) is 7.74. The molecule has 1 aromatic rings. The number of amides is 2. The maximum atomic E-state index is 13.2. The van der Waals surface area contributed by atoms with Crippen LogP contribution in [0.2, 0.25) is 0 Å². The van der Waals surface area contributed by atoms with Crippen molar-refractivity contribution in [3.05, 3.63) is 21.9 Å². The molecule has 4 atom stereocenters. The van der Waals surface area contributed by atoms with Gasteiger partial charge in [-0.1, -0.05) is 0 Å². The molecule has 1 aromatic heterocycles. The maximum Gasteiger partial charge on any atom is 0.411 e. The first kappa shape index (κ1) is 24.0. The molecule has 2 saturated heterocycles. The summed E-state index contributed by atoms with van der Waals surface area (Å²) in [6.07, 6.45) is 5.07. The molecule has 4 unspecified atom stereocenters. The molecule has 0 spiro atoms. The van der Waals surface area contributed by atoms with E-state index in [1.54, 1.807) is 16.2 Å². The van der Waals surface area contributed by atoms with Gasteiger partial charge in [-0.2, -0.15) is 5.26 Å². The SMILES string of the molecule is CN1CCC(c2ccc(CC(C#N)NC(=O)C3C4CCC(C4)N3C(=O)OC(C)(C)C)s2)CC1. The van der Waals surface area contributed by atoms with Crippen LogP contribution < -0.4 is 5.32 Å². The van der Waals surface area contributed by atoms with Crippen molar-refractivity contribution in [3.63, 3.8) is 0 Å². The van der Waals surface area contributed by atoms with E-state index in [0.717, 1.165) is 37.2 Å². The van der Waals surface area contributed by atoms with Gasteiger partial charge in [0.2, 0.25) is 5.91 Å². The van der Waals surface area contributed by atoms with Gasteiger partial charge in [0.15, 0.2) is 0 Å². The summed E-state index contributed by atoms with van der Waals surface area (Å²) in [7, 11) is 2.16. The minimum Gasteiger partial charge on any atom is -0.444 e. The number of hydrogen-bond donors (Lipinski definition) is 1. The van der Waals surface area contributed by atoms with E-state index in [1.165, 1.54) is 17.7 Å². The zero-order valence-corrected chi connectivity index (χ0v) is 21.0. The molecule has 4 rings (SSSR count). The van der Waals surface area contributed by atoms with Crippen LogP contribution in [0.15, 0.2) is 12.1 Å². The second kappa shape index (κ2) is 9.63. The Morgan fingerprint density at radius 3 is 2.64 bits per heavy atom. The molecular weight excluding hydrogens is 436 g/mol. The predicted molar refractivity (Wildman–Crippen MR) is 128 cm³/mol. The Kier molecular flexibility index (Phi) is 7.01. The average molecular weight is 473 g/mol. The minimum atomic E-state index is -0.611. The molecule has 8 heteroatoms. The number of likely N-dealkylation sites (tertiary alicyclic amines) is 2. The molecule has 2 amide bonds. The second-order valence-corrected chi connectivity index (χ2v) is 12.0. The number of nitriles is 1. The van der Waals surface area contributed by atoms with Crippen molar-refractivity contribution in [2.24, 2.45) is 5.92 Å². The molecular formula is C25H36N4O3S. The lowest BCUT2D eigenvalue weighted by Gasteiger charge is -2.35. The number of thiophene rings is 1. The van der Waals surface area contributed by atoms with E-state index in [9.17, 15) is 14.9 Å². The standard InChI is InChI=1S/C25H36N4O3S/c1-25(2,3)32-24(31)29-19-6-5-17(13-19)22(29)23(30)27-18(15-26)14-20-7-8-21(33-20)16-9-11-28(4)12-10-16/h7-8,16-19,22H,5-6,9-14H2,1-4H3,(H,27,30). The van der Waals surface area contributed by atoms with Crippen molar-refractivity contribution in [1.82, 2.24) is 15.1 Å². The third-order valence-corrected chi connectivity index (χ3v) is 8.41. The van der Waals surface area contributed by atoms with Crippen molar-refractivity contribution in [1.29, 1.82) is 5.26 Å². The zero-order chi connectivity index (χ0) is 23.8. The Hall–Kier alpha value is -2.11. The van der Waals surface area contributed by atoms with Gasteiger partial charge >= 0.3 is 6.09 Å². The van der Waals surface area contributed by atoms with Crippen LogP contribution in [0.5, 0.6) is 0 Å². The first-order valence-corrected chi connectivity index (χ1v) is 12.9. The van der Waals surface area contributed by atoms with E-state index in [4.69, 9.17) is 4.74 Å². The fraction of sp³-hybridized carbons (Fsp3) is 0.720. The first-order chi connectivity index (χ1) is 15.6. The van der Waals surface area contributed by atoms with E-state index in [-0.39, 0.29) is 17.9 Å². The summed E-state index contributed by atoms with van der Waals surface area (Å²) in [6, 6.07) is 5.44. The lowest BCUT2D eigenvalue weighted by Crippen LogP contribution is -2.55. The van der Waals surface area contributed by atoms with Gasteiger partial charge in [-0.3, -0.25) is 9.69 Å². The highest BCUT2D eigenvalue weighted by Gasteiger charge is 2.52. The fourth-order valence-corrected chi connectivity index (χ4v) is 6.73. The van der Waals surface area contributed by atoms with Crippen LogP contribution in [-0.2, 0) is 16.0 Å². The molecule has 0 aromatic carbocycles. The van der Waals surface area contributed by atoms with Crippen LogP contribution in [0.1, 0.15) is 68.5 Å². The Bertz CT molecular complexity index is 909. The van der Waals surface area contributed by atoms with E-state index >= 15 is 0 Å². The van der Waals surface area contributed by atoms with Crippen LogP contribution in [0, 0.1) is 17.2 Å². The molecule has 180 valence electrons. The van der Waals surface area contributed by atoms with Gasteiger partial charge in [0.1, 0.15) is 17.7 Å². The highest BCUT2D eigenvalue weighted by molar-refractivity contribution is 7.12. The van der Waals surface area contributed by atoms with E-state index in [1.807, 2.05) is 20.8 Å². The molecule has 1 N–H and O–H groups in total. The third-order valence-electron chi connectivity index (χ3n) is 7.14. The molecule has 2 bridgehead atoms. The number of carbonyl (C=O) groups is 2. The third kappa shape index (κ3) is 5.52. The van der Waals surface area contributed by atoms with Gasteiger partial charge in [-0.15, -0.1) is 11.3 Å². The average Bonchev–Trinajstić information content (AvgIpc) is 3.48. The number of hydrogen-bond acceptors (Lipinski definition) is 6. The van der Waals surface area contributed by atoms with Crippen LogP contribution in [-0.4, -0.2) is 65.7 Å². The van der Waals surface area contributed by atoms with Gasteiger partial charge in [-0.25, -0.2) is 4.79 Å². The summed E-state index contributed by atoms with van der Waals surface area (Å²) in [5, 5.41) is 12.7. The predicted octanol–water partition coefficient (Wildman–Crippen LogP) is 3.90. The first-order valence-electron chi connectivity index (χ1n) is 12.1. The van der Waals surface area contributed by atoms with Crippen LogP contribution in [0.4, 0.5) is 4.79 Å². The Morgan fingerprint density at radius 2 is 1.97 bits per heavy atom. The number of fused-ring (bicyclic) bond motifs is 2.